The zero-order valence-corrected chi connectivity index (χ0v) is 13.2. The highest BCUT2D eigenvalue weighted by Gasteiger charge is 2.42. The van der Waals surface area contributed by atoms with E-state index >= 15 is 0 Å². The second-order valence-corrected chi connectivity index (χ2v) is 7.57. The van der Waals surface area contributed by atoms with E-state index in [2.05, 4.69) is 23.9 Å². The summed E-state index contributed by atoms with van der Waals surface area (Å²) in [4.78, 5) is 17.1. The first-order valence-electron chi connectivity index (χ1n) is 8.57. The molecule has 1 saturated heterocycles. The predicted molar refractivity (Wildman–Crippen MR) is 81.5 cm³/mol. The van der Waals surface area contributed by atoms with Crippen molar-refractivity contribution in [2.24, 2.45) is 11.8 Å². The van der Waals surface area contributed by atoms with Crippen molar-refractivity contribution in [3.05, 3.63) is 0 Å². The molecule has 1 amide bonds. The molecule has 2 aliphatic carbocycles. The van der Waals surface area contributed by atoms with Crippen molar-refractivity contribution in [1.29, 1.82) is 0 Å². The summed E-state index contributed by atoms with van der Waals surface area (Å²) in [7, 11) is 4.47. The number of carbonyl (C=O) groups excluding carboxylic acids is 1. The van der Waals surface area contributed by atoms with Crippen molar-refractivity contribution in [2.45, 2.75) is 63.3 Å². The van der Waals surface area contributed by atoms with Gasteiger partial charge in [0.15, 0.2) is 0 Å². The summed E-state index contributed by atoms with van der Waals surface area (Å²) >= 11 is 0. The van der Waals surface area contributed by atoms with Crippen molar-refractivity contribution < 1.29 is 4.79 Å². The topological polar surface area (TPSA) is 23.6 Å². The van der Waals surface area contributed by atoms with Gasteiger partial charge in [0.2, 0.25) is 5.91 Å². The van der Waals surface area contributed by atoms with Gasteiger partial charge < -0.3 is 9.80 Å². The van der Waals surface area contributed by atoms with E-state index in [1.54, 1.807) is 0 Å². The largest absolute Gasteiger partial charge is 0.342 e. The molecule has 20 heavy (non-hydrogen) atoms. The maximum atomic E-state index is 12.5. The first kappa shape index (κ1) is 14.4. The second kappa shape index (κ2) is 5.67. The van der Waals surface area contributed by atoms with Gasteiger partial charge in [0.05, 0.1) is 0 Å². The lowest BCUT2D eigenvalue weighted by molar-refractivity contribution is -0.138. The fourth-order valence-corrected chi connectivity index (χ4v) is 4.27. The Morgan fingerprint density at radius 3 is 2.20 bits per heavy atom. The van der Waals surface area contributed by atoms with Crippen LogP contribution in [-0.4, -0.2) is 48.4 Å². The molecule has 0 bridgehead atoms. The number of likely N-dealkylation sites (tertiary alicyclic amines) is 1. The van der Waals surface area contributed by atoms with Gasteiger partial charge in [0, 0.05) is 24.5 Å². The average Bonchev–Trinajstić information content (AvgIpc) is 3.08. The van der Waals surface area contributed by atoms with Crippen molar-refractivity contribution in [2.75, 3.05) is 27.2 Å². The highest BCUT2D eigenvalue weighted by atomic mass is 16.2. The first-order valence-corrected chi connectivity index (χ1v) is 8.57. The summed E-state index contributed by atoms with van der Waals surface area (Å²) in [5, 5.41) is 0. The van der Waals surface area contributed by atoms with Crippen LogP contribution in [0.25, 0.3) is 0 Å². The number of hydrogen-bond donors (Lipinski definition) is 0. The predicted octanol–water partition coefficient (Wildman–Crippen LogP) is 2.90. The first-order chi connectivity index (χ1) is 9.61. The fourth-order valence-electron chi connectivity index (χ4n) is 4.27. The highest BCUT2D eigenvalue weighted by Crippen LogP contribution is 2.43. The molecule has 0 spiro atoms. The van der Waals surface area contributed by atoms with E-state index in [1.165, 1.54) is 44.9 Å². The Morgan fingerprint density at radius 2 is 1.70 bits per heavy atom. The monoisotopic (exact) mass is 278 g/mol. The third kappa shape index (κ3) is 2.88. The SMILES string of the molecule is CN(C)C1(CC2CC2)CCN(C(=O)C2CCCC2)CC1. The number of rotatable bonds is 4. The van der Waals surface area contributed by atoms with Crippen LogP contribution in [0.15, 0.2) is 0 Å². The van der Waals surface area contributed by atoms with Crippen LogP contribution in [-0.2, 0) is 4.79 Å². The van der Waals surface area contributed by atoms with E-state index < -0.39 is 0 Å². The number of nitrogens with zero attached hydrogens (tertiary/aromatic N) is 2. The van der Waals surface area contributed by atoms with Crippen molar-refractivity contribution >= 4 is 5.91 Å². The van der Waals surface area contributed by atoms with Gasteiger partial charge in [0.25, 0.3) is 0 Å². The quantitative estimate of drug-likeness (QED) is 0.789. The molecule has 3 heteroatoms. The fraction of sp³-hybridized carbons (Fsp3) is 0.941. The minimum atomic E-state index is 0.352. The third-order valence-electron chi connectivity index (χ3n) is 6.02. The number of hydrogen-bond acceptors (Lipinski definition) is 2. The molecule has 3 nitrogen and oxygen atoms in total. The molecule has 0 aromatic carbocycles. The molecule has 1 heterocycles. The molecule has 114 valence electrons. The molecule has 0 radical (unpaired) electrons. The van der Waals surface area contributed by atoms with Gasteiger partial charge in [-0.2, -0.15) is 0 Å². The number of carbonyl (C=O) groups is 1. The molecule has 0 N–H and O–H groups in total. The zero-order chi connectivity index (χ0) is 14.2. The van der Waals surface area contributed by atoms with E-state index in [-0.39, 0.29) is 0 Å². The molecule has 2 saturated carbocycles. The maximum absolute atomic E-state index is 12.5. The van der Waals surface area contributed by atoms with E-state index in [4.69, 9.17) is 0 Å². The van der Waals surface area contributed by atoms with Gasteiger partial charge in [-0.3, -0.25) is 4.79 Å². The minimum absolute atomic E-state index is 0.352. The van der Waals surface area contributed by atoms with Gasteiger partial charge in [-0.1, -0.05) is 25.7 Å². The summed E-state index contributed by atoms with van der Waals surface area (Å²) in [5.41, 5.74) is 0.369. The van der Waals surface area contributed by atoms with Gasteiger partial charge in [0.1, 0.15) is 0 Å². The van der Waals surface area contributed by atoms with Crippen molar-refractivity contribution in [1.82, 2.24) is 9.80 Å². The molecule has 0 unspecified atom stereocenters. The third-order valence-corrected chi connectivity index (χ3v) is 6.02. The van der Waals surface area contributed by atoms with Crippen LogP contribution in [0.5, 0.6) is 0 Å². The Bertz CT molecular complexity index is 348. The Labute approximate surface area is 123 Å². The standard InChI is InChI=1S/C17H30N2O/c1-18(2)17(13-14-7-8-14)9-11-19(12-10-17)16(20)15-5-3-4-6-15/h14-15H,3-13H2,1-2H3. The Kier molecular flexibility index (Phi) is 4.07. The molecular formula is C17H30N2O. The summed E-state index contributed by atoms with van der Waals surface area (Å²) in [5.74, 6) is 1.78. The lowest BCUT2D eigenvalue weighted by atomic mass is 9.81. The van der Waals surface area contributed by atoms with Crippen LogP contribution in [0.1, 0.15) is 57.8 Å². The minimum Gasteiger partial charge on any atom is -0.342 e. The smallest absolute Gasteiger partial charge is 0.225 e. The average molecular weight is 278 g/mol. The van der Waals surface area contributed by atoms with Gasteiger partial charge in [-0.05, 0) is 52.1 Å². The molecule has 1 aliphatic heterocycles. The number of amides is 1. The maximum Gasteiger partial charge on any atom is 0.225 e. The molecular weight excluding hydrogens is 248 g/mol. The van der Waals surface area contributed by atoms with Gasteiger partial charge >= 0.3 is 0 Å². The van der Waals surface area contributed by atoms with Crippen LogP contribution in [0.4, 0.5) is 0 Å². The van der Waals surface area contributed by atoms with Crippen molar-refractivity contribution in [3.8, 4) is 0 Å². The van der Waals surface area contributed by atoms with E-state index in [9.17, 15) is 4.79 Å². The second-order valence-electron chi connectivity index (χ2n) is 7.57. The van der Waals surface area contributed by atoms with Crippen LogP contribution >= 0.6 is 0 Å². The van der Waals surface area contributed by atoms with Crippen LogP contribution < -0.4 is 0 Å². The van der Waals surface area contributed by atoms with Gasteiger partial charge in [-0.15, -0.1) is 0 Å². The molecule has 3 rings (SSSR count). The molecule has 0 aromatic heterocycles. The van der Waals surface area contributed by atoms with Crippen LogP contribution in [0.3, 0.4) is 0 Å². The molecule has 3 fully saturated rings. The lowest BCUT2D eigenvalue weighted by Crippen LogP contribution is -2.54. The summed E-state index contributed by atoms with van der Waals surface area (Å²) in [6, 6.07) is 0. The molecule has 0 atom stereocenters. The molecule has 0 aromatic rings. The van der Waals surface area contributed by atoms with E-state index in [1.807, 2.05) is 0 Å². The van der Waals surface area contributed by atoms with Crippen LogP contribution in [0, 0.1) is 11.8 Å². The lowest BCUT2D eigenvalue weighted by Gasteiger charge is -2.47. The number of piperidine rings is 1. The van der Waals surface area contributed by atoms with Crippen molar-refractivity contribution in [3.63, 3.8) is 0 Å². The Morgan fingerprint density at radius 1 is 1.10 bits per heavy atom. The summed E-state index contributed by atoms with van der Waals surface area (Å²) < 4.78 is 0. The highest BCUT2D eigenvalue weighted by molar-refractivity contribution is 5.79. The zero-order valence-electron chi connectivity index (χ0n) is 13.2. The van der Waals surface area contributed by atoms with Crippen LogP contribution in [0.2, 0.25) is 0 Å². The van der Waals surface area contributed by atoms with E-state index in [0.717, 1.165) is 31.8 Å². The molecule has 3 aliphatic rings. The van der Waals surface area contributed by atoms with E-state index in [0.29, 0.717) is 17.4 Å². The summed E-state index contributed by atoms with van der Waals surface area (Å²) in [6.07, 6.45) is 11.4. The summed E-state index contributed by atoms with van der Waals surface area (Å²) in [6.45, 7) is 1.97. The Hall–Kier alpha value is -0.570. The Balaban J connectivity index is 1.57. The normalized spacial score (nSPS) is 27.2. The van der Waals surface area contributed by atoms with Gasteiger partial charge in [-0.25, -0.2) is 0 Å².